The molecule has 4 rings (SSSR count). The van der Waals surface area contributed by atoms with E-state index in [4.69, 9.17) is 4.98 Å². The lowest BCUT2D eigenvalue weighted by Crippen LogP contribution is -2.20. The second-order valence-electron chi connectivity index (χ2n) is 7.47. The number of amides is 1. The molecule has 0 aliphatic carbocycles. The third-order valence-electron chi connectivity index (χ3n) is 4.93. The summed E-state index contributed by atoms with van der Waals surface area (Å²) in [7, 11) is 0. The van der Waals surface area contributed by atoms with E-state index in [1.165, 1.54) is 11.1 Å². The number of benzene rings is 2. The number of nitrogens with one attached hydrogen (secondary N) is 1. The number of hydrogen-bond acceptors (Lipinski definition) is 4. The Morgan fingerprint density at radius 1 is 1.03 bits per heavy atom. The number of hydrogen-bond donors (Lipinski definition) is 1. The molecule has 5 nitrogen and oxygen atoms in total. The number of imidazole rings is 1. The van der Waals surface area contributed by atoms with Crippen LogP contribution in [0.3, 0.4) is 0 Å². The van der Waals surface area contributed by atoms with Gasteiger partial charge in [-0.05, 0) is 55.7 Å². The van der Waals surface area contributed by atoms with Crippen molar-refractivity contribution >= 4 is 34.5 Å². The molecule has 0 saturated heterocycles. The second-order valence-corrected chi connectivity index (χ2v) is 8.41. The number of pyridine rings is 1. The highest BCUT2D eigenvalue weighted by Crippen LogP contribution is 2.26. The maximum absolute atomic E-state index is 12.9. The minimum Gasteiger partial charge on any atom is -0.324 e. The summed E-state index contributed by atoms with van der Waals surface area (Å²) in [6, 6.07) is 18.3. The first-order valence-electron chi connectivity index (χ1n) is 9.86. The number of carbonyl (C=O) groups excluding carboxylic acids is 1. The molecule has 0 atom stereocenters. The largest absolute Gasteiger partial charge is 0.324 e. The fourth-order valence-electron chi connectivity index (χ4n) is 3.23. The fourth-order valence-corrected chi connectivity index (χ4v) is 4.18. The summed E-state index contributed by atoms with van der Waals surface area (Å²) in [5.74, 6) is 0.688. The van der Waals surface area contributed by atoms with E-state index in [1.54, 1.807) is 18.0 Å². The molecule has 4 aromatic rings. The molecule has 0 saturated carbocycles. The smallest absolute Gasteiger partial charge is 0.244 e. The Balaban J connectivity index is 1.57. The van der Waals surface area contributed by atoms with Crippen LogP contribution in [0.4, 0.5) is 5.69 Å². The molecule has 2 aromatic carbocycles. The summed E-state index contributed by atoms with van der Waals surface area (Å²) in [6.45, 7) is 6.25. The number of anilines is 1. The van der Waals surface area contributed by atoms with Gasteiger partial charge in [0, 0.05) is 17.6 Å². The van der Waals surface area contributed by atoms with Crippen LogP contribution < -0.4 is 5.32 Å². The zero-order valence-electron chi connectivity index (χ0n) is 17.3. The molecule has 6 heteroatoms. The van der Waals surface area contributed by atoms with Gasteiger partial charge in [0.2, 0.25) is 5.91 Å². The number of rotatable bonds is 6. The third-order valence-corrected chi connectivity index (χ3v) is 5.97. The first kappa shape index (κ1) is 20.2. The number of fused-ring (bicyclic) bond motifs is 1. The van der Waals surface area contributed by atoms with Crippen LogP contribution in [-0.2, 0) is 17.1 Å². The molecular formula is C24H24N4OS. The maximum atomic E-state index is 12.9. The van der Waals surface area contributed by atoms with Crippen molar-refractivity contribution in [3.8, 4) is 0 Å². The van der Waals surface area contributed by atoms with Crippen molar-refractivity contribution in [1.29, 1.82) is 0 Å². The van der Waals surface area contributed by atoms with E-state index >= 15 is 0 Å². The SMILES string of the molecule is Cc1ccc(CSc2nc3cccnc3n2CC(=O)Nc2cc(C)ccc2C)cc1. The van der Waals surface area contributed by atoms with Crippen LogP contribution in [0.15, 0.2) is 66.0 Å². The zero-order valence-corrected chi connectivity index (χ0v) is 18.2. The highest BCUT2D eigenvalue weighted by molar-refractivity contribution is 7.98. The van der Waals surface area contributed by atoms with Gasteiger partial charge in [0.25, 0.3) is 0 Å². The lowest BCUT2D eigenvalue weighted by atomic mass is 10.1. The van der Waals surface area contributed by atoms with Crippen LogP contribution in [-0.4, -0.2) is 20.4 Å². The molecule has 0 aliphatic rings. The zero-order chi connectivity index (χ0) is 21.1. The minimum absolute atomic E-state index is 0.0918. The molecule has 1 amide bonds. The Labute approximate surface area is 180 Å². The molecule has 0 aliphatic heterocycles. The first-order valence-corrected chi connectivity index (χ1v) is 10.8. The van der Waals surface area contributed by atoms with Gasteiger partial charge in [-0.2, -0.15) is 0 Å². The summed E-state index contributed by atoms with van der Waals surface area (Å²) < 4.78 is 1.90. The van der Waals surface area contributed by atoms with Gasteiger partial charge in [0.15, 0.2) is 10.8 Å². The van der Waals surface area contributed by atoms with E-state index in [0.717, 1.165) is 38.9 Å². The van der Waals surface area contributed by atoms with Crippen LogP contribution in [0.25, 0.3) is 11.2 Å². The average molecular weight is 417 g/mol. The molecule has 0 spiro atoms. The predicted molar refractivity (Wildman–Crippen MR) is 123 cm³/mol. The lowest BCUT2D eigenvalue weighted by molar-refractivity contribution is -0.116. The number of aromatic nitrogens is 3. The van der Waals surface area contributed by atoms with Crippen molar-refractivity contribution in [2.75, 3.05) is 5.32 Å². The van der Waals surface area contributed by atoms with Gasteiger partial charge in [-0.25, -0.2) is 9.97 Å². The topological polar surface area (TPSA) is 59.8 Å². The molecule has 1 N–H and O–H groups in total. The molecule has 0 unspecified atom stereocenters. The maximum Gasteiger partial charge on any atom is 0.244 e. The van der Waals surface area contributed by atoms with Crippen molar-refractivity contribution in [2.24, 2.45) is 0 Å². The quantitative estimate of drug-likeness (QED) is 0.434. The minimum atomic E-state index is -0.0918. The molecule has 0 radical (unpaired) electrons. The number of aryl methyl sites for hydroxylation is 3. The van der Waals surface area contributed by atoms with Crippen LogP contribution >= 0.6 is 11.8 Å². The molecule has 2 aromatic heterocycles. The average Bonchev–Trinajstić information content (AvgIpc) is 3.08. The van der Waals surface area contributed by atoms with Crippen LogP contribution in [0.5, 0.6) is 0 Å². The Hall–Kier alpha value is -3.12. The van der Waals surface area contributed by atoms with E-state index in [2.05, 4.69) is 41.5 Å². The van der Waals surface area contributed by atoms with Crippen LogP contribution in [0.1, 0.15) is 22.3 Å². The van der Waals surface area contributed by atoms with Gasteiger partial charge in [-0.3, -0.25) is 9.36 Å². The van der Waals surface area contributed by atoms with E-state index < -0.39 is 0 Å². The third kappa shape index (κ3) is 4.54. The predicted octanol–water partition coefficient (Wildman–Crippen LogP) is 5.29. The van der Waals surface area contributed by atoms with E-state index in [9.17, 15) is 4.79 Å². The van der Waals surface area contributed by atoms with Gasteiger partial charge in [0.05, 0.1) is 0 Å². The second kappa shape index (κ2) is 8.71. The highest BCUT2D eigenvalue weighted by atomic mass is 32.2. The van der Waals surface area contributed by atoms with Crippen molar-refractivity contribution in [2.45, 2.75) is 38.2 Å². The molecule has 2 heterocycles. The summed E-state index contributed by atoms with van der Waals surface area (Å²) in [4.78, 5) is 22.0. The molecular weight excluding hydrogens is 392 g/mol. The Kier molecular flexibility index (Phi) is 5.86. The summed E-state index contributed by atoms with van der Waals surface area (Å²) >= 11 is 1.62. The van der Waals surface area contributed by atoms with E-state index in [-0.39, 0.29) is 12.5 Å². The summed E-state index contributed by atoms with van der Waals surface area (Å²) in [5, 5.41) is 3.83. The van der Waals surface area contributed by atoms with Gasteiger partial charge in [0.1, 0.15) is 12.1 Å². The van der Waals surface area contributed by atoms with Crippen molar-refractivity contribution < 1.29 is 4.79 Å². The summed E-state index contributed by atoms with van der Waals surface area (Å²) in [5.41, 5.74) is 6.96. The van der Waals surface area contributed by atoms with Crippen LogP contribution in [0.2, 0.25) is 0 Å². The molecule has 0 bridgehead atoms. The standard InChI is InChI=1S/C24H24N4OS/c1-16-7-10-19(11-8-16)15-30-24-27-20-5-4-12-25-23(20)28(24)14-22(29)26-21-13-17(2)6-9-18(21)3/h4-13H,14-15H2,1-3H3,(H,26,29). The highest BCUT2D eigenvalue weighted by Gasteiger charge is 2.16. The van der Waals surface area contributed by atoms with E-state index in [1.807, 2.05) is 48.7 Å². The molecule has 30 heavy (non-hydrogen) atoms. The first-order chi connectivity index (χ1) is 14.5. The number of carbonyl (C=O) groups is 1. The Morgan fingerprint density at radius 3 is 2.60 bits per heavy atom. The lowest BCUT2D eigenvalue weighted by Gasteiger charge is -2.12. The van der Waals surface area contributed by atoms with E-state index in [0.29, 0.717) is 0 Å². The fraction of sp³-hybridized carbons (Fsp3) is 0.208. The van der Waals surface area contributed by atoms with Crippen molar-refractivity contribution in [3.63, 3.8) is 0 Å². The van der Waals surface area contributed by atoms with Crippen molar-refractivity contribution in [1.82, 2.24) is 14.5 Å². The van der Waals surface area contributed by atoms with Gasteiger partial charge < -0.3 is 5.32 Å². The molecule has 152 valence electrons. The Bertz CT molecular complexity index is 1200. The normalized spacial score (nSPS) is 11.0. The van der Waals surface area contributed by atoms with Crippen molar-refractivity contribution in [3.05, 3.63) is 83.0 Å². The van der Waals surface area contributed by atoms with Gasteiger partial charge in [-0.1, -0.05) is 53.7 Å². The number of nitrogens with zero attached hydrogens (tertiary/aromatic N) is 3. The number of thioether (sulfide) groups is 1. The van der Waals surface area contributed by atoms with Crippen LogP contribution in [0, 0.1) is 20.8 Å². The Morgan fingerprint density at radius 2 is 1.80 bits per heavy atom. The van der Waals surface area contributed by atoms with Gasteiger partial charge >= 0.3 is 0 Å². The monoisotopic (exact) mass is 416 g/mol. The van der Waals surface area contributed by atoms with Gasteiger partial charge in [-0.15, -0.1) is 0 Å². The molecule has 0 fully saturated rings. The summed E-state index contributed by atoms with van der Waals surface area (Å²) in [6.07, 6.45) is 1.73.